The number of pyridine rings is 1. The van der Waals surface area contributed by atoms with Crippen LogP contribution in [0.25, 0.3) is 0 Å². The van der Waals surface area contributed by atoms with Crippen molar-refractivity contribution in [2.75, 3.05) is 6.54 Å². The Morgan fingerprint density at radius 3 is 2.57 bits per heavy atom. The number of benzene rings is 1. The second-order valence-electron chi connectivity index (χ2n) is 9.85. The number of hydrogen-bond donors (Lipinski definition) is 2. The van der Waals surface area contributed by atoms with Gasteiger partial charge in [0.1, 0.15) is 12.7 Å². The highest BCUT2D eigenvalue weighted by Gasteiger charge is 2.40. The van der Waals surface area contributed by atoms with Crippen molar-refractivity contribution in [3.8, 4) is 0 Å². The smallest absolute Gasteiger partial charge is 0.358 e. The number of halogens is 1. The highest BCUT2D eigenvalue weighted by Crippen LogP contribution is 2.35. The molecule has 0 spiro atoms. The Morgan fingerprint density at radius 2 is 1.95 bits per heavy atom. The van der Waals surface area contributed by atoms with Crippen LogP contribution in [0.2, 0.25) is 5.02 Å². The summed E-state index contributed by atoms with van der Waals surface area (Å²) in [6.07, 6.45) is 9.51. The van der Waals surface area contributed by atoms with Crippen molar-refractivity contribution < 1.29 is 9.90 Å². The summed E-state index contributed by atoms with van der Waals surface area (Å²) in [5.74, 6) is 0. The summed E-state index contributed by atoms with van der Waals surface area (Å²) in [5, 5.41) is 25.1. The van der Waals surface area contributed by atoms with Crippen LogP contribution in [0, 0.1) is 5.41 Å². The van der Waals surface area contributed by atoms with E-state index >= 15 is 0 Å². The first-order valence-electron chi connectivity index (χ1n) is 11.9. The molecule has 1 atom stereocenters. The van der Waals surface area contributed by atoms with E-state index in [0.29, 0.717) is 19.5 Å². The predicted molar refractivity (Wildman–Crippen MR) is 144 cm³/mol. The topological polar surface area (TPSA) is 121 Å². The molecule has 196 valence electrons. The third kappa shape index (κ3) is 8.47. The summed E-state index contributed by atoms with van der Waals surface area (Å²) < 4.78 is 1.69. The molecule has 1 aliphatic rings. The fourth-order valence-electron chi connectivity index (χ4n) is 3.48. The first-order valence-corrected chi connectivity index (χ1v) is 12.3. The van der Waals surface area contributed by atoms with Crippen LogP contribution in [0.3, 0.4) is 0 Å². The van der Waals surface area contributed by atoms with Crippen molar-refractivity contribution in [1.29, 1.82) is 0 Å². The average molecular weight is 525 g/mol. The number of nitrogens with zero attached hydrogens (tertiary/aromatic N) is 7. The lowest BCUT2D eigenvalue weighted by Gasteiger charge is -2.40. The average Bonchev–Trinajstić information content (AvgIpc) is 3.37. The first kappa shape index (κ1) is 27.9. The number of aromatic nitrogens is 4. The highest BCUT2D eigenvalue weighted by molar-refractivity contribution is 6.30. The monoisotopic (exact) mass is 524 g/mol. The van der Waals surface area contributed by atoms with Gasteiger partial charge in [0.05, 0.1) is 30.6 Å². The van der Waals surface area contributed by atoms with Crippen molar-refractivity contribution in [1.82, 2.24) is 30.2 Å². The molecule has 10 nitrogen and oxygen atoms in total. The Morgan fingerprint density at radius 1 is 1.19 bits per heavy atom. The summed E-state index contributed by atoms with van der Waals surface area (Å²) in [4.78, 5) is 19.2. The van der Waals surface area contributed by atoms with Crippen LogP contribution in [0.1, 0.15) is 45.2 Å². The quantitative estimate of drug-likeness (QED) is 0.449. The molecule has 11 heteroatoms. The Hall–Kier alpha value is -3.63. The van der Waals surface area contributed by atoms with Crippen molar-refractivity contribution in [3.63, 3.8) is 0 Å². The van der Waals surface area contributed by atoms with Crippen molar-refractivity contribution >= 4 is 29.6 Å². The van der Waals surface area contributed by atoms with Gasteiger partial charge in [0, 0.05) is 23.0 Å². The normalized spacial score (nSPS) is 15.5. The van der Waals surface area contributed by atoms with Gasteiger partial charge in [-0.3, -0.25) is 9.67 Å². The highest BCUT2D eigenvalue weighted by atomic mass is 35.5. The number of aliphatic hydroxyl groups is 1. The van der Waals surface area contributed by atoms with E-state index in [-0.39, 0.29) is 11.4 Å². The third-order valence-corrected chi connectivity index (χ3v) is 6.26. The van der Waals surface area contributed by atoms with Crippen LogP contribution in [0.4, 0.5) is 4.79 Å². The minimum atomic E-state index is -0.861. The van der Waals surface area contributed by atoms with Gasteiger partial charge in [-0.25, -0.2) is 20.2 Å². The van der Waals surface area contributed by atoms with E-state index in [2.05, 4.69) is 30.7 Å². The first-order chi connectivity index (χ1) is 17.6. The van der Waals surface area contributed by atoms with Crippen molar-refractivity contribution in [2.45, 2.75) is 52.7 Å². The number of rotatable bonds is 7. The van der Waals surface area contributed by atoms with Crippen LogP contribution < -0.4 is 5.43 Å². The number of hydrazone groups is 2. The minimum Gasteiger partial charge on any atom is -0.387 e. The Balaban J connectivity index is 0.000000213. The van der Waals surface area contributed by atoms with Gasteiger partial charge >= 0.3 is 6.03 Å². The maximum atomic E-state index is 11.3. The van der Waals surface area contributed by atoms with Crippen LogP contribution >= 0.6 is 11.6 Å². The Labute approximate surface area is 222 Å². The van der Waals surface area contributed by atoms with Crippen LogP contribution in [0.5, 0.6) is 0 Å². The lowest BCUT2D eigenvalue weighted by molar-refractivity contribution is -0.0796. The van der Waals surface area contributed by atoms with Gasteiger partial charge in [-0.05, 0) is 48.9 Å². The number of hydrogen-bond acceptors (Lipinski definition) is 7. The second-order valence-corrected chi connectivity index (χ2v) is 10.3. The number of urea groups is 1. The molecular weight excluding hydrogens is 492 g/mol. The van der Waals surface area contributed by atoms with Gasteiger partial charge in [0.15, 0.2) is 0 Å². The Bertz CT molecular complexity index is 1190. The number of amides is 2. The van der Waals surface area contributed by atoms with E-state index in [4.69, 9.17) is 11.6 Å². The minimum absolute atomic E-state index is 0.259. The molecule has 0 aliphatic carbocycles. The van der Waals surface area contributed by atoms with E-state index in [9.17, 15) is 9.90 Å². The van der Waals surface area contributed by atoms with Gasteiger partial charge < -0.3 is 5.11 Å². The molecule has 0 saturated heterocycles. The molecule has 4 rings (SSSR count). The number of carbonyl (C=O) groups excluding carboxylic acids is 1. The van der Waals surface area contributed by atoms with Gasteiger partial charge in [-0.1, -0.05) is 50.6 Å². The number of nitrogens with one attached hydrogen (secondary N) is 1. The van der Waals surface area contributed by atoms with Crippen LogP contribution in [0.15, 0.2) is 71.6 Å². The molecular formula is C26H33ClN8O2. The van der Waals surface area contributed by atoms with Crippen molar-refractivity contribution in [2.24, 2.45) is 15.6 Å². The van der Waals surface area contributed by atoms with Gasteiger partial charge in [0.2, 0.25) is 0 Å². The molecule has 0 radical (unpaired) electrons. The number of aryl methyl sites for hydroxylation is 1. The van der Waals surface area contributed by atoms with Crippen molar-refractivity contribution in [3.05, 3.63) is 77.6 Å². The summed E-state index contributed by atoms with van der Waals surface area (Å²) in [7, 11) is 0. The van der Waals surface area contributed by atoms with Crippen LogP contribution in [-0.2, 0) is 13.0 Å². The molecule has 3 heterocycles. The van der Waals surface area contributed by atoms with E-state index < -0.39 is 5.60 Å². The number of carbonyl (C=O) groups is 1. The van der Waals surface area contributed by atoms with Gasteiger partial charge in [-0.2, -0.15) is 15.3 Å². The van der Waals surface area contributed by atoms with E-state index in [1.54, 1.807) is 29.6 Å². The summed E-state index contributed by atoms with van der Waals surface area (Å²) in [5.41, 5.74) is 4.06. The lowest BCUT2D eigenvalue weighted by Crippen LogP contribution is -2.47. The zero-order valence-electron chi connectivity index (χ0n) is 21.5. The molecule has 0 saturated carbocycles. The fourth-order valence-corrected chi connectivity index (χ4v) is 3.61. The molecule has 2 aromatic heterocycles. The molecule has 1 unspecified atom stereocenters. The molecule has 1 aliphatic heterocycles. The largest absolute Gasteiger partial charge is 0.387 e. The third-order valence-electron chi connectivity index (χ3n) is 6.01. The zero-order valence-corrected chi connectivity index (χ0v) is 22.3. The standard InChI is InChI=1S/C16H22ClN3O.C10H11N5O/c1-15(2,3)16(21,10-20-12-18-11-19-20)9-8-13-4-6-14(17)7-5-13;1-8-7-15(10(16)14-13-8)12-6-9-3-2-4-11-5-9/h4-7,11-12,21H,8-10H2,1-3H3;2-6H,7H2,1H3,(H,14,16)/b;12-6+. The van der Waals surface area contributed by atoms with E-state index in [0.717, 1.165) is 22.7 Å². The van der Waals surface area contributed by atoms with Gasteiger partial charge in [0.25, 0.3) is 0 Å². The predicted octanol–water partition coefficient (Wildman–Crippen LogP) is 4.16. The summed E-state index contributed by atoms with van der Waals surface area (Å²) >= 11 is 5.90. The molecule has 3 aromatic rings. The fraction of sp³-hybridized carbons (Fsp3) is 0.385. The Kier molecular flexibility index (Phi) is 9.48. The molecule has 2 amide bonds. The molecule has 37 heavy (non-hydrogen) atoms. The molecule has 2 N–H and O–H groups in total. The summed E-state index contributed by atoms with van der Waals surface area (Å²) in [6, 6.07) is 11.1. The maximum Gasteiger partial charge on any atom is 0.358 e. The van der Waals surface area contributed by atoms with E-state index in [1.165, 1.54) is 16.9 Å². The lowest BCUT2D eigenvalue weighted by atomic mass is 9.73. The zero-order chi connectivity index (χ0) is 26.9. The van der Waals surface area contributed by atoms with Gasteiger partial charge in [-0.15, -0.1) is 0 Å². The van der Waals surface area contributed by atoms with Crippen LogP contribution in [-0.4, -0.2) is 60.0 Å². The SMILES string of the molecule is CC(C)(C)C(O)(CCc1ccc(Cl)cc1)Cn1cncn1.CC1=NNC(=O)N(/N=C/c2cccnc2)C1. The molecule has 0 bridgehead atoms. The molecule has 0 fully saturated rings. The maximum absolute atomic E-state index is 11.3. The molecule has 1 aromatic carbocycles. The second kappa shape index (κ2) is 12.6. The van der Waals surface area contributed by atoms with E-state index in [1.807, 2.05) is 64.1 Å². The summed E-state index contributed by atoms with van der Waals surface area (Å²) in [6.45, 7) is 8.81.